The molecule has 1 heterocycles. The SMILES string of the molecule is CCC(C)C(NC(=O)C(=O)C(C)NC(=O)C(CC(=O)Cc1ccccc1)Cc1ccccc1)C(=O)N1CCCC1C(=O)O. The summed E-state index contributed by atoms with van der Waals surface area (Å²) >= 11 is 0. The molecular formula is C33H41N3O7. The van der Waals surface area contributed by atoms with E-state index >= 15 is 0 Å². The summed E-state index contributed by atoms with van der Waals surface area (Å²) in [6.45, 7) is 5.20. The van der Waals surface area contributed by atoms with Gasteiger partial charge in [0.2, 0.25) is 17.6 Å². The van der Waals surface area contributed by atoms with Crippen LogP contribution in [0.1, 0.15) is 57.6 Å². The Morgan fingerprint density at radius 2 is 1.51 bits per heavy atom. The molecule has 230 valence electrons. The number of amides is 3. The lowest BCUT2D eigenvalue weighted by Crippen LogP contribution is -2.57. The molecule has 1 aliphatic rings. The van der Waals surface area contributed by atoms with Crippen LogP contribution in [0.5, 0.6) is 0 Å². The lowest BCUT2D eigenvalue weighted by molar-refractivity contribution is -0.150. The zero-order valence-electron chi connectivity index (χ0n) is 25.0. The molecule has 0 radical (unpaired) electrons. The lowest BCUT2D eigenvalue weighted by atomic mass is 9.91. The molecule has 3 N–H and O–H groups in total. The number of benzene rings is 2. The highest BCUT2D eigenvalue weighted by molar-refractivity contribution is 6.38. The van der Waals surface area contributed by atoms with E-state index in [1.54, 1.807) is 6.92 Å². The number of rotatable bonds is 15. The molecule has 1 fully saturated rings. The van der Waals surface area contributed by atoms with E-state index in [2.05, 4.69) is 10.6 Å². The van der Waals surface area contributed by atoms with Gasteiger partial charge in [-0.1, -0.05) is 80.9 Å². The van der Waals surface area contributed by atoms with Crippen LogP contribution in [0.3, 0.4) is 0 Å². The molecule has 1 saturated heterocycles. The number of carboxylic acid groups (broad SMARTS) is 1. The number of Topliss-reactive ketones (excluding diaryl/α,β-unsaturated/α-hetero) is 2. The first-order valence-corrected chi connectivity index (χ1v) is 14.8. The fourth-order valence-corrected chi connectivity index (χ4v) is 5.28. The van der Waals surface area contributed by atoms with Crippen LogP contribution in [0.25, 0.3) is 0 Å². The Morgan fingerprint density at radius 1 is 0.907 bits per heavy atom. The van der Waals surface area contributed by atoms with Gasteiger partial charge in [-0.25, -0.2) is 4.79 Å². The number of nitrogens with one attached hydrogen (secondary N) is 2. The number of hydrogen-bond acceptors (Lipinski definition) is 6. The summed E-state index contributed by atoms with van der Waals surface area (Å²) in [6.07, 6.45) is 1.74. The van der Waals surface area contributed by atoms with Gasteiger partial charge in [-0.2, -0.15) is 0 Å². The lowest BCUT2D eigenvalue weighted by Gasteiger charge is -2.30. The number of hydrogen-bond donors (Lipinski definition) is 3. The van der Waals surface area contributed by atoms with Crippen molar-refractivity contribution in [2.45, 2.75) is 77.4 Å². The van der Waals surface area contributed by atoms with Crippen molar-refractivity contribution in [3.8, 4) is 0 Å². The fourth-order valence-electron chi connectivity index (χ4n) is 5.28. The summed E-state index contributed by atoms with van der Waals surface area (Å²) < 4.78 is 0. The van der Waals surface area contributed by atoms with Crippen LogP contribution in [-0.4, -0.2) is 69.9 Å². The highest BCUT2D eigenvalue weighted by atomic mass is 16.4. The molecule has 3 amide bonds. The number of carbonyl (C=O) groups excluding carboxylic acids is 5. The Labute approximate surface area is 252 Å². The van der Waals surface area contributed by atoms with Crippen molar-refractivity contribution in [1.29, 1.82) is 0 Å². The van der Waals surface area contributed by atoms with E-state index in [9.17, 15) is 33.9 Å². The first-order chi connectivity index (χ1) is 20.5. The molecule has 2 aromatic carbocycles. The van der Waals surface area contributed by atoms with E-state index in [-0.39, 0.29) is 37.5 Å². The van der Waals surface area contributed by atoms with Crippen molar-refractivity contribution in [1.82, 2.24) is 15.5 Å². The van der Waals surface area contributed by atoms with Crippen LogP contribution in [0.4, 0.5) is 0 Å². The summed E-state index contributed by atoms with van der Waals surface area (Å²) in [5.74, 6) is -5.44. The van der Waals surface area contributed by atoms with Crippen molar-refractivity contribution >= 4 is 35.3 Å². The average molecular weight is 592 g/mol. The van der Waals surface area contributed by atoms with Gasteiger partial charge < -0.3 is 20.6 Å². The van der Waals surface area contributed by atoms with Crippen molar-refractivity contribution in [3.63, 3.8) is 0 Å². The Balaban J connectivity index is 1.68. The summed E-state index contributed by atoms with van der Waals surface area (Å²) in [5, 5.41) is 14.6. The Hall–Kier alpha value is -4.34. The average Bonchev–Trinajstić information content (AvgIpc) is 3.50. The number of nitrogens with zero attached hydrogens (tertiary/aromatic N) is 1. The normalized spacial score (nSPS) is 17.3. The summed E-state index contributed by atoms with van der Waals surface area (Å²) in [4.78, 5) is 78.6. The standard InChI is InChI=1S/C33H41N3O7/c1-4-21(2)28(32(41)36-17-11-16-27(36)33(42)43)35-31(40)29(38)22(3)34-30(39)25(18-23-12-7-5-8-13-23)20-26(37)19-24-14-9-6-10-15-24/h5-10,12-15,21-22,25,27-28H,4,11,16-20H2,1-3H3,(H,34,39)(H,35,40)(H,42,43). The van der Waals surface area contributed by atoms with E-state index in [1.165, 1.54) is 11.8 Å². The van der Waals surface area contributed by atoms with Crippen molar-refractivity contribution in [2.24, 2.45) is 11.8 Å². The molecule has 5 atom stereocenters. The number of aliphatic carboxylic acids is 1. The zero-order valence-corrected chi connectivity index (χ0v) is 25.0. The van der Waals surface area contributed by atoms with E-state index in [0.29, 0.717) is 19.3 Å². The van der Waals surface area contributed by atoms with Crippen molar-refractivity contribution in [3.05, 3.63) is 71.8 Å². The van der Waals surface area contributed by atoms with Crippen LogP contribution in [0.2, 0.25) is 0 Å². The minimum atomic E-state index is -1.22. The second kappa shape index (κ2) is 15.8. The molecule has 10 nitrogen and oxygen atoms in total. The highest BCUT2D eigenvalue weighted by Gasteiger charge is 2.40. The predicted molar refractivity (Wildman–Crippen MR) is 160 cm³/mol. The van der Waals surface area contributed by atoms with Gasteiger partial charge >= 0.3 is 5.97 Å². The molecule has 43 heavy (non-hydrogen) atoms. The van der Waals surface area contributed by atoms with Crippen LogP contribution in [0.15, 0.2) is 60.7 Å². The van der Waals surface area contributed by atoms with Crippen LogP contribution in [-0.2, 0) is 41.6 Å². The number of likely N-dealkylation sites (tertiary alicyclic amines) is 1. The summed E-state index contributed by atoms with van der Waals surface area (Å²) in [6, 6.07) is 15.1. The van der Waals surface area contributed by atoms with Crippen LogP contribution in [0, 0.1) is 11.8 Å². The third-order valence-electron chi connectivity index (χ3n) is 7.98. The highest BCUT2D eigenvalue weighted by Crippen LogP contribution is 2.21. The molecule has 0 bridgehead atoms. The molecule has 0 saturated carbocycles. The van der Waals surface area contributed by atoms with Gasteiger partial charge in [0, 0.05) is 25.3 Å². The second-order valence-corrected chi connectivity index (χ2v) is 11.3. The second-order valence-electron chi connectivity index (χ2n) is 11.3. The van der Waals surface area contributed by atoms with E-state index in [0.717, 1.165) is 11.1 Å². The minimum absolute atomic E-state index is 0.0477. The van der Waals surface area contributed by atoms with Gasteiger partial charge in [0.1, 0.15) is 17.9 Å². The van der Waals surface area contributed by atoms with Gasteiger partial charge in [-0.3, -0.25) is 24.0 Å². The smallest absolute Gasteiger partial charge is 0.326 e. The van der Waals surface area contributed by atoms with Gasteiger partial charge in [0.25, 0.3) is 5.91 Å². The van der Waals surface area contributed by atoms with Crippen molar-refractivity contribution in [2.75, 3.05) is 6.54 Å². The monoisotopic (exact) mass is 591 g/mol. The summed E-state index contributed by atoms with van der Waals surface area (Å²) in [7, 11) is 0. The molecule has 2 aromatic rings. The van der Waals surface area contributed by atoms with E-state index < -0.39 is 53.5 Å². The Morgan fingerprint density at radius 3 is 2.09 bits per heavy atom. The third-order valence-corrected chi connectivity index (χ3v) is 7.98. The van der Waals surface area contributed by atoms with Crippen LogP contribution < -0.4 is 10.6 Å². The predicted octanol–water partition coefficient (Wildman–Crippen LogP) is 2.73. The first-order valence-electron chi connectivity index (χ1n) is 14.8. The maximum absolute atomic E-state index is 13.4. The van der Waals surface area contributed by atoms with Gasteiger partial charge in [0.15, 0.2) is 0 Å². The maximum atomic E-state index is 13.4. The van der Waals surface area contributed by atoms with Gasteiger partial charge in [0.05, 0.1) is 6.04 Å². The Bertz CT molecular complexity index is 1300. The molecule has 5 unspecified atom stereocenters. The quantitative estimate of drug-likeness (QED) is 0.270. The number of carboxylic acids is 1. The fraction of sp³-hybridized carbons (Fsp3) is 0.455. The summed E-state index contributed by atoms with van der Waals surface area (Å²) in [5.41, 5.74) is 1.68. The molecule has 0 spiro atoms. The van der Waals surface area contributed by atoms with E-state index in [4.69, 9.17) is 0 Å². The zero-order chi connectivity index (χ0) is 31.5. The molecule has 0 aliphatic carbocycles. The molecule has 3 rings (SSSR count). The van der Waals surface area contributed by atoms with E-state index in [1.807, 2.05) is 67.6 Å². The molecule has 0 aromatic heterocycles. The molecule has 1 aliphatic heterocycles. The first kappa shape index (κ1) is 33.2. The topological polar surface area (TPSA) is 150 Å². The molecular weight excluding hydrogens is 550 g/mol. The van der Waals surface area contributed by atoms with Gasteiger partial charge in [-0.05, 0) is 43.2 Å². The van der Waals surface area contributed by atoms with Gasteiger partial charge in [-0.15, -0.1) is 0 Å². The number of carbonyl (C=O) groups is 6. The largest absolute Gasteiger partial charge is 0.480 e. The Kier molecular flexibility index (Phi) is 12.2. The third kappa shape index (κ3) is 9.33. The molecule has 10 heteroatoms. The minimum Gasteiger partial charge on any atom is -0.480 e. The van der Waals surface area contributed by atoms with Crippen LogP contribution >= 0.6 is 0 Å². The number of ketones is 2. The van der Waals surface area contributed by atoms with Crippen molar-refractivity contribution < 1.29 is 33.9 Å². The maximum Gasteiger partial charge on any atom is 0.326 e.